The van der Waals surface area contributed by atoms with Gasteiger partial charge in [0.25, 0.3) is 0 Å². The Morgan fingerprint density at radius 3 is 2.58 bits per heavy atom. The van der Waals surface area contributed by atoms with Gasteiger partial charge in [-0.1, -0.05) is 19.9 Å². The van der Waals surface area contributed by atoms with Crippen molar-refractivity contribution in [2.24, 2.45) is 11.8 Å². The number of hydrogen-bond donors (Lipinski definition) is 1. The van der Waals surface area contributed by atoms with E-state index in [1.807, 2.05) is 0 Å². The molecule has 3 heteroatoms. The van der Waals surface area contributed by atoms with Gasteiger partial charge in [-0.25, -0.2) is 8.78 Å². The number of nitrogens with one attached hydrogen (secondary N) is 1. The molecule has 1 saturated carbocycles. The molecule has 1 unspecified atom stereocenters. The van der Waals surface area contributed by atoms with E-state index in [4.69, 9.17) is 0 Å². The van der Waals surface area contributed by atoms with Gasteiger partial charge in [-0.05, 0) is 55.7 Å². The Hall–Kier alpha value is -0.960. The van der Waals surface area contributed by atoms with E-state index in [0.717, 1.165) is 19.0 Å². The van der Waals surface area contributed by atoms with Crippen LogP contribution in [0.15, 0.2) is 18.2 Å². The van der Waals surface area contributed by atoms with E-state index in [0.29, 0.717) is 29.9 Å². The quantitative estimate of drug-likeness (QED) is 0.789. The minimum absolute atomic E-state index is 0.417. The molecule has 1 fully saturated rings. The van der Waals surface area contributed by atoms with Crippen LogP contribution in [-0.4, -0.2) is 12.6 Å². The van der Waals surface area contributed by atoms with Crippen LogP contribution in [0, 0.1) is 23.5 Å². The summed E-state index contributed by atoms with van der Waals surface area (Å²) in [7, 11) is 0. The fourth-order valence-corrected chi connectivity index (χ4v) is 2.52. The van der Waals surface area contributed by atoms with E-state index < -0.39 is 11.6 Å². The second-order valence-corrected chi connectivity index (χ2v) is 6.12. The lowest BCUT2D eigenvalue weighted by Crippen LogP contribution is -2.27. The van der Waals surface area contributed by atoms with Crippen LogP contribution in [-0.2, 0) is 6.42 Å². The Bertz CT molecular complexity index is 413. The summed E-state index contributed by atoms with van der Waals surface area (Å²) in [5.41, 5.74) is 0.629. The van der Waals surface area contributed by atoms with Crippen LogP contribution < -0.4 is 5.32 Å². The first kappa shape index (κ1) is 14.4. The Morgan fingerprint density at radius 2 is 2.00 bits per heavy atom. The van der Waals surface area contributed by atoms with Crippen molar-refractivity contribution in [1.82, 2.24) is 5.32 Å². The Balaban J connectivity index is 1.96. The molecule has 0 amide bonds. The normalized spacial score (nSPS) is 16.9. The van der Waals surface area contributed by atoms with Crippen LogP contribution in [0.1, 0.15) is 38.7 Å². The molecule has 0 saturated heterocycles. The summed E-state index contributed by atoms with van der Waals surface area (Å²) in [4.78, 5) is 0. The highest BCUT2D eigenvalue weighted by molar-refractivity contribution is 5.19. The second kappa shape index (κ2) is 6.47. The van der Waals surface area contributed by atoms with Crippen LogP contribution in [0.3, 0.4) is 0 Å². The van der Waals surface area contributed by atoms with Gasteiger partial charge in [0.2, 0.25) is 0 Å². The Kier molecular flexibility index (Phi) is 4.92. The predicted molar refractivity (Wildman–Crippen MR) is 74.0 cm³/mol. The molecule has 0 aromatic heterocycles. The third kappa shape index (κ3) is 4.90. The van der Waals surface area contributed by atoms with E-state index in [9.17, 15) is 8.78 Å². The first-order valence-electron chi connectivity index (χ1n) is 7.22. The molecule has 1 aromatic carbocycles. The van der Waals surface area contributed by atoms with E-state index >= 15 is 0 Å². The summed E-state index contributed by atoms with van der Waals surface area (Å²) in [6.45, 7) is 5.30. The molecule has 1 nitrogen and oxygen atoms in total. The van der Waals surface area contributed by atoms with Crippen molar-refractivity contribution in [1.29, 1.82) is 0 Å². The van der Waals surface area contributed by atoms with Crippen molar-refractivity contribution in [3.05, 3.63) is 35.4 Å². The van der Waals surface area contributed by atoms with Crippen LogP contribution in [0.4, 0.5) is 8.78 Å². The number of rotatable bonds is 7. The summed E-state index contributed by atoms with van der Waals surface area (Å²) in [5.74, 6) is 0.0908. The highest BCUT2D eigenvalue weighted by atomic mass is 19.1. The highest BCUT2D eigenvalue weighted by Gasteiger charge is 2.22. The van der Waals surface area contributed by atoms with Crippen molar-refractivity contribution >= 4 is 0 Å². The second-order valence-electron chi connectivity index (χ2n) is 6.12. The zero-order valence-electron chi connectivity index (χ0n) is 11.8. The monoisotopic (exact) mass is 267 g/mol. The van der Waals surface area contributed by atoms with E-state index in [-0.39, 0.29) is 0 Å². The fourth-order valence-electron chi connectivity index (χ4n) is 2.52. The topological polar surface area (TPSA) is 12.0 Å². The molecule has 0 heterocycles. The molecule has 19 heavy (non-hydrogen) atoms. The smallest absolute Gasteiger partial charge is 0.129 e. The molecule has 1 aromatic rings. The molecule has 0 aliphatic heterocycles. The molecule has 1 aliphatic carbocycles. The van der Waals surface area contributed by atoms with Gasteiger partial charge < -0.3 is 5.32 Å². The van der Waals surface area contributed by atoms with Gasteiger partial charge in [0, 0.05) is 12.1 Å². The SMILES string of the molecule is CC(C)CC(CNC1CC1)Cc1ccc(F)cc1F. The minimum atomic E-state index is -0.502. The molecule has 1 aliphatic rings. The first-order chi connectivity index (χ1) is 9.04. The third-order valence-electron chi connectivity index (χ3n) is 3.60. The van der Waals surface area contributed by atoms with Gasteiger partial charge in [-0.3, -0.25) is 0 Å². The number of halogens is 2. The maximum atomic E-state index is 13.7. The summed E-state index contributed by atoms with van der Waals surface area (Å²) in [5, 5.41) is 3.52. The van der Waals surface area contributed by atoms with Crippen molar-refractivity contribution in [3.8, 4) is 0 Å². The van der Waals surface area contributed by atoms with Crippen LogP contribution in [0.25, 0.3) is 0 Å². The zero-order valence-corrected chi connectivity index (χ0v) is 11.8. The van der Waals surface area contributed by atoms with Gasteiger partial charge in [0.15, 0.2) is 0 Å². The van der Waals surface area contributed by atoms with Crippen molar-refractivity contribution in [3.63, 3.8) is 0 Å². The van der Waals surface area contributed by atoms with E-state index in [2.05, 4.69) is 19.2 Å². The molecule has 1 N–H and O–H groups in total. The zero-order chi connectivity index (χ0) is 13.8. The lowest BCUT2D eigenvalue weighted by Gasteiger charge is -2.20. The van der Waals surface area contributed by atoms with E-state index in [1.54, 1.807) is 6.07 Å². The van der Waals surface area contributed by atoms with Crippen LogP contribution >= 0.6 is 0 Å². The number of hydrogen-bond acceptors (Lipinski definition) is 1. The van der Waals surface area contributed by atoms with Gasteiger partial charge in [0.1, 0.15) is 11.6 Å². The summed E-state index contributed by atoms with van der Waals surface area (Å²) in [6, 6.07) is 4.58. The summed E-state index contributed by atoms with van der Waals surface area (Å²) >= 11 is 0. The van der Waals surface area contributed by atoms with Crippen molar-refractivity contribution in [2.75, 3.05) is 6.54 Å². The number of benzene rings is 1. The molecule has 0 radical (unpaired) electrons. The van der Waals surface area contributed by atoms with Gasteiger partial charge in [-0.2, -0.15) is 0 Å². The van der Waals surface area contributed by atoms with Crippen LogP contribution in [0.5, 0.6) is 0 Å². The summed E-state index contributed by atoms with van der Waals surface area (Å²) in [6.07, 6.45) is 4.28. The lowest BCUT2D eigenvalue weighted by molar-refractivity contribution is 0.379. The molecule has 1 atom stereocenters. The van der Waals surface area contributed by atoms with Gasteiger partial charge >= 0.3 is 0 Å². The predicted octanol–water partition coefficient (Wildman–Crippen LogP) is 3.92. The Labute approximate surface area is 114 Å². The fraction of sp³-hybridized carbons (Fsp3) is 0.625. The molecular weight excluding hydrogens is 244 g/mol. The highest BCUT2D eigenvalue weighted by Crippen LogP contribution is 2.23. The average molecular weight is 267 g/mol. The van der Waals surface area contributed by atoms with Crippen molar-refractivity contribution < 1.29 is 8.78 Å². The molecule has 2 rings (SSSR count). The molecular formula is C16H23F2N. The molecule has 0 bridgehead atoms. The maximum Gasteiger partial charge on any atom is 0.129 e. The lowest BCUT2D eigenvalue weighted by atomic mass is 9.90. The minimum Gasteiger partial charge on any atom is -0.314 e. The van der Waals surface area contributed by atoms with Gasteiger partial charge in [-0.15, -0.1) is 0 Å². The average Bonchev–Trinajstić information content (AvgIpc) is 3.13. The summed E-state index contributed by atoms with van der Waals surface area (Å²) < 4.78 is 26.6. The molecule has 0 spiro atoms. The first-order valence-corrected chi connectivity index (χ1v) is 7.22. The Morgan fingerprint density at radius 1 is 1.26 bits per heavy atom. The third-order valence-corrected chi connectivity index (χ3v) is 3.60. The van der Waals surface area contributed by atoms with Crippen molar-refractivity contribution in [2.45, 2.75) is 45.6 Å². The molecule has 106 valence electrons. The van der Waals surface area contributed by atoms with Crippen LogP contribution in [0.2, 0.25) is 0 Å². The standard InChI is InChI=1S/C16H23F2N/c1-11(2)7-12(10-19-15-5-6-15)8-13-3-4-14(17)9-16(13)18/h3-4,9,11-12,15,19H,5-8,10H2,1-2H3. The largest absolute Gasteiger partial charge is 0.314 e. The van der Waals surface area contributed by atoms with E-state index in [1.165, 1.54) is 18.9 Å². The maximum absolute atomic E-state index is 13.7. The van der Waals surface area contributed by atoms with Gasteiger partial charge in [0.05, 0.1) is 0 Å².